The number of aryl methyl sites for hydroxylation is 1. The molecule has 0 aliphatic carbocycles. The van der Waals surface area contributed by atoms with Crippen LogP contribution >= 0.6 is 0 Å². The summed E-state index contributed by atoms with van der Waals surface area (Å²) in [5.41, 5.74) is 1.21. The summed E-state index contributed by atoms with van der Waals surface area (Å²) in [7, 11) is 1.50. The topological polar surface area (TPSA) is 37.9 Å². The highest BCUT2D eigenvalue weighted by atomic mass is 19.3. The molecule has 80 valence electrons. The van der Waals surface area contributed by atoms with Crippen LogP contribution in [0, 0.1) is 6.92 Å². The van der Waals surface area contributed by atoms with Gasteiger partial charge in [0.15, 0.2) is 0 Å². The average Bonchev–Trinajstić information content (AvgIpc) is 2.61. The molecule has 2 rings (SSSR count). The number of alkyl halides is 2. The maximum absolute atomic E-state index is 12.6. The zero-order valence-corrected chi connectivity index (χ0v) is 8.34. The van der Waals surface area contributed by atoms with Crippen molar-refractivity contribution in [2.45, 2.75) is 13.3 Å². The van der Waals surface area contributed by atoms with Crippen LogP contribution in [0.4, 0.5) is 8.78 Å². The minimum Gasteiger partial charge on any atom is -0.497 e. The van der Waals surface area contributed by atoms with Gasteiger partial charge in [0, 0.05) is 5.39 Å². The van der Waals surface area contributed by atoms with Gasteiger partial charge in [-0.2, -0.15) is 5.10 Å². The molecule has 1 aromatic carbocycles. The van der Waals surface area contributed by atoms with E-state index in [2.05, 4.69) is 10.2 Å². The van der Waals surface area contributed by atoms with Gasteiger partial charge in [-0.05, 0) is 24.6 Å². The third-order valence-corrected chi connectivity index (χ3v) is 2.31. The summed E-state index contributed by atoms with van der Waals surface area (Å²) in [5, 5.41) is 6.62. The molecule has 15 heavy (non-hydrogen) atoms. The summed E-state index contributed by atoms with van der Waals surface area (Å²) in [4.78, 5) is 0. The number of nitrogens with zero attached hydrogens (tertiary/aromatic N) is 1. The van der Waals surface area contributed by atoms with Crippen LogP contribution in [-0.4, -0.2) is 17.3 Å². The zero-order chi connectivity index (χ0) is 11.0. The van der Waals surface area contributed by atoms with Crippen LogP contribution in [0.15, 0.2) is 12.1 Å². The third kappa shape index (κ3) is 1.54. The van der Waals surface area contributed by atoms with Crippen LogP contribution in [0.25, 0.3) is 10.9 Å². The third-order valence-electron chi connectivity index (χ3n) is 2.31. The highest BCUT2D eigenvalue weighted by Crippen LogP contribution is 2.30. The van der Waals surface area contributed by atoms with E-state index in [1.54, 1.807) is 19.1 Å². The lowest BCUT2D eigenvalue weighted by Gasteiger charge is -2.02. The van der Waals surface area contributed by atoms with Crippen molar-refractivity contribution in [3.05, 3.63) is 23.4 Å². The zero-order valence-electron chi connectivity index (χ0n) is 8.34. The van der Waals surface area contributed by atoms with E-state index in [4.69, 9.17) is 4.74 Å². The van der Waals surface area contributed by atoms with Gasteiger partial charge < -0.3 is 4.74 Å². The number of ether oxygens (including phenoxy) is 1. The Hall–Kier alpha value is -1.65. The number of H-pyrrole nitrogens is 1. The second-order valence-electron chi connectivity index (χ2n) is 3.28. The molecule has 2 aromatic rings. The van der Waals surface area contributed by atoms with Crippen LogP contribution in [0.3, 0.4) is 0 Å². The van der Waals surface area contributed by atoms with E-state index >= 15 is 0 Å². The molecule has 0 unspecified atom stereocenters. The largest absolute Gasteiger partial charge is 0.497 e. The number of aromatic amines is 1. The molecular weight excluding hydrogens is 202 g/mol. The van der Waals surface area contributed by atoms with Gasteiger partial charge >= 0.3 is 0 Å². The Labute approximate surface area is 85.0 Å². The molecule has 0 spiro atoms. The maximum Gasteiger partial charge on any atom is 0.280 e. The van der Waals surface area contributed by atoms with Crippen molar-refractivity contribution >= 4 is 10.9 Å². The van der Waals surface area contributed by atoms with E-state index in [-0.39, 0.29) is 5.69 Å². The van der Waals surface area contributed by atoms with Crippen molar-refractivity contribution in [2.75, 3.05) is 7.11 Å². The average molecular weight is 212 g/mol. The van der Waals surface area contributed by atoms with E-state index in [1.807, 2.05) is 0 Å². The number of methoxy groups -OCH3 is 1. The Morgan fingerprint density at radius 3 is 2.73 bits per heavy atom. The predicted molar refractivity (Wildman–Crippen MR) is 52.3 cm³/mol. The van der Waals surface area contributed by atoms with Crippen LogP contribution in [-0.2, 0) is 0 Å². The van der Waals surface area contributed by atoms with Crippen molar-refractivity contribution < 1.29 is 13.5 Å². The van der Waals surface area contributed by atoms with E-state index < -0.39 is 6.43 Å². The maximum atomic E-state index is 12.6. The first-order chi connectivity index (χ1) is 7.13. The normalized spacial score (nSPS) is 11.3. The summed E-state index contributed by atoms with van der Waals surface area (Å²) in [6, 6.07) is 3.33. The molecule has 0 atom stereocenters. The summed E-state index contributed by atoms with van der Waals surface area (Å²) in [5.74, 6) is 0.559. The summed E-state index contributed by atoms with van der Waals surface area (Å²) >= 11 is 0. The van der Waals surface area contributed by atoms with Gasteiger partial charge in [0.05, 0.1) is 12.6 Å². The van der Waals surface area contributed by atoms with Crippen molar-refractivity contribution in [2.24, 2.45) is 0 Å². The molecule has 0 saturated heterocycles. The smallest absolute Gasteiger partial charge is 0.280 e. The lowest BCUT2D eigenvalue weighted by atomic mass is 10.1. The molecule has 0 aliphatic heterocycles. The molecule has 0 bridgehead atoms. The Balaban J connectivity index is 2.72. The second-order valence-corrected chi connectivity index (χ2v) is 3.28. The number of aromatic nitrogens is 2. The van der Waals surface area contributed by atoms with Crippen LogP contribution in [0.2, 0.25) is 0 Å². The van der Waals surface area contributed by atoms with Crippen LogP contribution in [0.5, 0.6) is 5.75 Å². The Morgan fingerprint density at radius 2 is 2.13 bits per heavy atom. The van der Waals surface area contributed by atoms with Gasteiger partial charge in [0.1, 0.15) is 11.4 Å². The molecule has 0 fully saturated rings. The minimum absolute atomic E-state index is 0.160. The van der Waals surface area contributed by atoms with Gasteiger partial charge in [0.25, 0.3) is 6.43 Å². The van der Waals surface area contributed by atoms with Gasteiger partial charge in [0.2, 0.25) is 0 Å². The lowest BCUT2D eigenvalue weighted by Crippen LogP contribution is -1.87. The highest BCUT2D eigenvalue weighted by molar-refractivity contribution is 5.86. The van der Waals surface area contributed by atoms with Crippen molar-refractivity contribution in [3.8, 4) is 5.75 Å². The molecule has 1 heterocycles. The fourth-order valence-electron chi connectivity index (χ4n) is 1.56. The van der Waals surface area contributed by atoms with Gasteiger partial charge in [-0.15, -0.1) is 0 Å². The number of fused-ring (bicyclic) bond motifs is 1. The number of hydrogen-bond acceptors (Lipinski definition) is 2. The minimum atomic E-state index is -2.55. The number of nitrogens with one attached hydrogen (secondary N) is 1. The van der Waals surface area contributed by atoms with Crippen molar-refractivity contribution in [1.29, 1.82) is 0 Å². The second kappa shape index (κ2) is 3.49. The first-order valence-electron chi connectivity index (χ1n) is 4.44. The lowest BCUT2D eigenvalue weighted by molar-refractivity contribution is 0.147. The van der Waals surface area contributed by atoms with Gasteiger partial charge in [-0.1, -0.05) is 0 Å². The quantitative estimate of drug-likeness (QED) is 0.831. The molecule has 1 aromatic heterocycles. The Kier molecular flexibility index (Phi) is 2.30. The fourth-order valence-corrected chi connectivity index (χ4v) is 1.56. The fraction of sp³-hybridized carbons (Fsp3) is 0.300. The predicted octanol–water partition coefficient (Wildman–Crippen LogP) is 2.82. The highest BCUT2D eigenvalue weighted by Gasteiger charge is 2.16. The molecule has 1 N–H and O–H groups in total. The monoisotopic (exact) mass is 212 g/mol. The van der Waals surface area contributed by atoms with Crippen molar-refractivity contribution in [1.82, 2.24) is 10.2 Å². The summed E-state index contributed by atoms with van der Waals surface area (Å²) in [6.07, 6.45) is -2.55. The van der Waals surface area contributed by atoms with E-state index in [1.165, 1.54) is 7.11 Å². The van der Waals surface area contributed by atoms with E-state index in [0.717, 1.165) is 5.56 Å². The van der Waals surface area contributed by atoms with E-state index in [0.29, 0.717) is 16.7 Å². The SMILES string of the molecule is COc1cc(C)c2n[nH]c(C(F)F)c2c1. The molecule has 0 aliphatic rings. The van der Waals surface area contributed by atoms with Gasteiger partial charge in [-0.3, -0.25) is 5.10 Å². The van der Waals surface area contributed by atoms with E-state index in [9.17, 15) is 8.78 Å². The first kappa shape index (κ1) is 9.89. The molecular formula is C10H10F2N2O. The Morgan fingerprint density at radius 1 is 1.40 bits per heavy atom. The summed E-state index contributed by atoms with van der Waals surface area (Å²) < 4.78 is 30.2. The number of rotatable bonds is 2. The van der Waals surface area contributed by atoms with Crippen molar-refractivity contribution in [3.63, 3.8) is 0 Å². The Bertz CT molecular complexity index is 493. The van der Waals surface area contributed by atoms with Crippen LogP contribution in [0.1, 0.15) is 17.7 Å². The van der Waals surface area contributed by atoms with Gasteiger partial charge in [-0.25, -0.2) is 8.78 Å². The number of halogens is 2. The molecule has 0 radical (unpaired) electrons. The standard InChI is InChI=1S/C10H10F2N2O/c1-5-3-6(15-2)4-7-8(5)13-14-9(7)10(11)12/h3-4,10H,1-2H3,(H,13,14). The molecule has 0 amide bonds. The number of hydrogen-bond donors (Lipinski definition) is 1. The first-order valence-corrected chi connectivity index (χ1v) is 4.44. The summed E-state index contributed by atoms with van der Waals surface area (Å²) in [6.45, 7) is 1.81. The van der Waals surface area contributed by atoms with Crippen LogP contribution < -0.4 is 4.74 Å². The molecule has 5 heteroatoms. The number of benzene rings is 1. The molecule has 3 nitrogen and oxygen atoms in total. The molecule has 0 saturated carbocycles.